The molecular weight excluding hydrogens is 1030 g/mol. The lowest BCUT2D eigenvalue weighted by molar-refractivity contribution is 0.205. The molecule has 0 saturated heterocycles. The molecule has 0 radical (unpaired) electrons. The van der Waals surface area contributed by atoms with E-state index in [-0.39, 0.29) is 22.3 Å². The molecular formula is C54H78O16S4. The summed E-state index contributed by atoms with van der Waals surface area (Å²) in [6.07, 6.45) is 12.0. The largest absolute Gasteiger partial charge is 0.502 e. The van der Waals surface area contributed by atoms with Gasteiger partial charge in [0, 0.05) is 131 Å². The highest BCUT2D eigenvalue weighted by atomic mass is 32.2. The normalized spacial score (nSPS) is 15.1. The first-order valence-corrected chi connectivity index (χ1v) is 31.1. The first kappa shape index (κ1) is 62.1. The van der Waals surface area contributed by atoms with Crippen molar-refractivity contribution < 1.29 is 54.9 Å². The first-order chi connectivity index (χ1) is 34.6. The fraction of sp³-hybridized carbons (Fsp3) is 0.630. The quantitative estimate of drug-likeness (QED) is 0.0348. The summed E-state index contributed by atoms with van der Waals surface area (Å²) in [7, 11) is -5.15. The summed E-state index contributed by atoms with van der Waals surface area (Å²) in [5.41, 5.74) is -3.63. The Morgan fingerprint density at radius 2 is 0.892 bits per heavy atom. The Morgan fingerprint density at radius 3 is 1.38 bits per heavy atom. The Morgan fingerprint density at radius 1 is 0.473 bits per heavy atom. The van der Waals surface area contributed by atoms with E-state index in [4.69, 9.17) is 17.7 Å². The van der Waals surface area contributed by atoms with Crippen molar-refractivity contribution in [2.45, 2.75) is 150 Å². The summed E-state index contributed by atoms with van der Waals surface area (Å²) >= 11 is 0. The molecule has 0 saturated carbocycles. The van der Waals surface area contributed by atoms with Gasteiger partial charge in [0.25, 0.3) is 0 Å². The average Bonchev–Trinajstić information content (AvgIpc) is 3.29. The lowest BCUT2D eigenvalue weighted by Gasteiger charge is -2.40. The van der Waals surface area contributed by atoms with Crippen molar-refractivity contribution in [1.82, 2.24) is 0 Å². The molecule has 4 aromatic heterocycles. The van der Waals surface area contributed by atoms with Crippen LogP contribution in [0.25, 0.3) is 0 Å². The molecule has 0 spiro atoms. The van der Waals surface area contributed by atoms with Gasteiger partial charge in [-0.25, -0.2) is 0 Å². The Bertz CT molecular complexity index is 2800. The van der Waals surface area contributed by atoms with E-state index in [0.29, 0.717) is 129 Å². The fourth-order valence-electron chi connectivity index (χ4n) is 9.48. The van der Waals surface area contributed by atoms with Crippen LogP contribution in [0.3, 0.4) is 0 Å². The molecule has 6 unspecified atom stereocenters. The average molecular weight is 1110 g/mol. The lowest BCUT2D eigenvalue weighted by atomic mass is 9.70. The van der Waals surface area contributed by atoms with Gasteiger partial charge in [0.05, 0.1) is 6.26 Å². The maximum absolute atomic E-state index is 14.8. The summed E-state index contributed by atoms with van der Waals surface area (Å²) in [5.74, 6) is 0.984. The van der Waals surface area contributed by atoms with Crippen molar-refractivity contribution >= 4 is 43.2 Å². The van der Waals surface area contributed by atoms with Crippen LogP contribution >= 0.6 is 0 Å². The fourth-order valence-corrected chi connectivity index (χ4v) is 15.2. The van der Waals surface area contributed by atoms with E-state index in [1.807, 2.05) is 55.4 Å². The Balaban J connectivity index is 1.41. The zero-order valence-electron chi connectivity index (χ0n) is 44.2. The molecule has 74 heavy (non-hydrogen) atoms. The molecule has 0 aromatic carbocycles. The molecule has 20 heteroatoms. The third-order valence-corrected chi connectivity index (χ3v) is 19.9. The molecule has 4 N–H and O–H groups in total. The lowest BCUT2D eigenvalue weighted by Crippen LogP contribution is -2.37. The van der Waals surface area contributed by atoms with Gasteiger partial charge >= 0.3 is 0 Å². The predicted molar refractivity (Wildman–Crippen MR) is 292 cm³/mol. The number of rotatable bonds is 33. The Hall–Kier alpha value is -4.40. The molecule has 0 fully saturated rings. The van der Waals surface area contributed by atoms with Gasteiger partial charge in [-0.15, -0.1) is 0 Å². The topological polar surface area (TPSA) is 270 Å². The van der Waals surface area contributed by atoms with Crippen LogP contribution in [0.1, 0.15) is 148 Å². The highest BCUT2D eigenvalue weighted by Gasteiger charge is 2.42. The van der Waals surface area contributed by atoms with Crippen molar-refractivity contribution in [1.29, 1.82) is 0 Å². The SMILES string of the molecule is CC(C)(CCCS(=O)CCCS(=O)CCCC(C)(C)C(c1cc(=O)c(O)co1)C(CCC(C)(C)Cc1cc(=O)c(O)co1)S(=O)CCCS(=O)CCCC(C)(C)Cc1cocc(O)c1=O)Cc1cc(=O)c(O)co1. The zero-order chi connectivity index (χ0) is 55.0. The monoisotopic (exact) mass is 1110 g/mol. The predicted octanol–water partition coefficient (Wildman–Crippen LogP) is 8.50. The van der Waals surface area contributed by atoms with E-state index in [1.54, 1.807) is 0 Å². The van der Waals surface area contributed by atoms with E-state index >= 15 is 0 Å². The Kier molecular flexibility index (Phi) is 23.6. The van der Waals surface area contributed by atoms with Gasteiger partial charge in [0.1, 0.15) is 42.3 Å². The zero-order valence-corrected chi connectivity index (χ0v) is 47.5. The third kappa shape index (κ3) is 20.6. The van der Waals surface area contributed by atoms with E-state index in [2.05, 4.69) is 0 Å². The van der Waals surface area contributed by atoms with E-state index in [9.17, 15) is 56.4 Å². The van der Waals surface area contributed by atoms with Crippen LogP contribution in [0.15, 0.2) is 86.4 Å². The second-order valence-electron chi connectivity index (χ2n) is 22.5. The van der Waals surface area contributed by atoms with Crippen LogP contribution in [0.5, 0.6) is 23.0 Å². The van der Waals surface area contributed by atoms with Crippen molar-refractivity contribution in [3.63, 3.8) is 0 Å². The summed E-state index contributed by atoms with van der Waals surface area (Å²) in [4.78, 5) is 49.5. The molecule has 0 aliphatic heterocycles. The maximum Gasteiger partial charge on any atom is 0.229 e. The first-order valence-electron chi connectivity index (χ1n) is 25.2. The van der Waals surface area contributed by atoms with Crippen LogP contribution in [-0.4, -0.2) is 82.8 Å². The third-order valence-electron chi connectivity index (χ3n) is 13.5. The molecule has 4 rings (SSSR count). The molecule has 4 heterocycles. The van der Waals surface area contributed by atoms with Gasteiger partial charge in [0.15, 0.2) is 23.0 Å². The van der Waals surface area contributed by atoms with Crippen molar-refractivity contribution in [3.8, 4) is 23.0 Å². The van der Waals surface area contributed by atoms with Gasteiger partial charge < -0.3 is 38.1 Å². The summed E-state index contributed by atoms with van der Waals surface area (Å²) in [6.45, 7) is 16.0. The van der Waals surface area contributed by atoms with Gasteiger partial charge in [-0.05, 0) is 92.3 Å². The van der Waals surface area contributed by atoms with E-state index in [1.165, 1.54) is 24.5 Å². The summed E-state index contributed by atoms with van der Waals surface area (Å²) in [6, 6.07) is 3.77. The van der Waals surface area contributed by atoms with Gasteiger partial charge in [0.2, 0.25) is 21.7 Å². The molecule has 414 valence electrons. The smallest absolute Gasteiger partial charge is 0.229 e. The van der Waals surface area contributed by atoms with E-state index < -0.39 is 110 Å². The van der Waals surface area contributed by atoms with E-state index in [0.717, 1.165) is 31.5 Å². The van der Waals surface area contributed by atoms with Crippen LogP contribution in [0, 0.1) is 21.7 Å². The van der Waals surface area contributed by atoms with Crippen LogP contribution in [0.4, 0.5) is 0 Å². The maximum atomic E-state index is 14.8. The van der Waals surface area contributed by atoms with Crippen LogP contribution in [-0.2, 0) is 62.5 Å². The van der Waals surface area contributed by atoms with Gasteiger partial charge in [-0.1, -0.05) is 55.4 Å². The molecule has 0 aliphatic rings. The van der Waals surface area contributed by atoms with Crippen molar-refractivity contribution in [3.05, 3.63) is 113 Å². The minimum absolute atomic E-state index is 0.194. The molecule has 4 aromatic rings. The second kappa shape index (κ2) is 28.1. The number of hydrogen-bond acceptors (Lipinski definition) is 16. The highest BCUT2D eigenvalue weighted by Crippen LogP contribution is 2.46. The second-order valence-corrected chi connectivity index (χ2v) is 29.4. The van der Waals surface area contributed by atoms with Gasteiger partial charge in [-0.2, -0.15) is 0 Å². The minimum atomic E-state index is -1.58. The minimum Gasteiger partial charge on any atom is -0.502 e. The van der Waals surface area contributed by atoms with Crippen LogP contribution < -0.4 is 21.7 Å². The molecule has 0 aliphatic carbocycles. The molecule has 0 bridgehead atoms. The van der Waals surface area contributed by atoms with Crippen molar-refractivity contribution in [2.75, 3.05) is 40.3 Å². The number of hydrogen-bond donors (Lipinski definition) is 4. The summed E-state index contributed by atoms with van der Waals surface area (Å²) < 4.78 is 76.5. The standard InChI is InChI=1S/C54H78O16S4/c1-51(2,29-37-32-67-33-46(61)50(37)62)15-9-19-72(64)24-13-25-74(66)48(14-18-53(5,6)31-39-27-41(56)44(59)35-69-39)49(47-28-42(57)45(60)36-70-47)54(7,8)17-11-21-73(65)23-12-22-71(63)20-10-16-52(3,4)30-38-26-40(55)43(58)34-68-38/h26-28,32-36,48-49,58-61H,9-25,29-31H2,1-8H3. The molecule has 16 nitrogen and oxygen atoms in total. The molecule has 6 atom stereocenters. The summed E-state index contributed by atoms with van der Waals surface area (Å²) in [5, 5.41) is 38.7. The van der Waals surface area contributed by atoms with Gasteiger partial charge in [-0.3, -0.25) is 36.0 Å². The van der Waals surface area contributed by atoms with Crippen LogP contribution in [0.2, 0.25) is 0 Å². The highest BCUT2D eigenvalue weighted by molar-refractivity contribution is 7.86. The van der Waals surface area contributed by atoms with Crippen molar-refractivity contribution in [2.24, 2.45) is 21.7 Å². The number of aromatic hydroxyl groups is 4. The Labute approximate surface area is 444 Å². The molecule has 0 amide bonds.